The van der Waals surface area contributed by atoms with E-state index in [0.717, 1.165) is 23.3 Å². The Balaban J connectivity index is 2.13. The van der Waals surface area contributed by atoms with Crippen molar-refractivity contribution in [3.63, 3.8) is 0 Å². The van der Waals surface area contributed by atoms with Crippen molar-refractivity contribution in [1.82, 2.24) is 4.90 Å². The summed E-state index contributed by atoms with van der Waals surface area (Å²) >= 11 is 0. The molecule has 6 heteroatoms. The number of furan rings is 1. The molecule has 2 rings (SSSR count). The van der Waals surface area contributed by atoms with E-state index in [1.165, 1.54) is 12.1 Å². The Morgan fingerprint density at radius 3 is 2.33 bits per heavy atom. The van der Waals surface area contributed by atoms with Crippen molar-refractivity contribution in [1.29, 1.82) is 0 Å². The average Bonchev–Trinajstić information content (AvgIpc) is 2.92. The fraction of sp³-hybridized carbons (Fsp3) is 0.333. The molecule has 1 unspecified atom stereocenters. The van der Waals surface area contributed by atoms with Crippen LogP contribution in [0.5, 0.6) is 0 Å². The van der Waals surface area contributed by atoms with Crippen LogP contribution in [-0.4, -0.2) is 18.5 Å². The van der Waals surface area contributed by atoms with Gasteiger partial charge in [0.15, 0.2) is 0 Å². The zero-order valence-electron chi connectivity index (χ0n) is 11.6. The minimum Gasteiger partial charge on any atom is -0.472 e. The largest absolute Gasteiger partial charge is 0.472 e. The maximum atomic E-state index is 12.6. The molecular formula is C15H17F3N2O. The van der Waals surface area contributed by atoms with Crippen LogP contribution in [0.15, 0.2) is 47.3 Å². The van der Waals surface area contributed by atoms with E-state index in [1.807, 2.05) is 18.0 Å². The fourth-order valence-corrected chi connectivity index (χ4v) is 2.25. The quantitative estimate of drug-likeness (QED) is 0.919. The third kappa shape index (κ3) is 3.86. The molecular weight excluding hydrogens is 281 g/mol. The number of rotatable bonds is 5. The van der Waals surface area contributed by atoms with Crippen LogP contribution in [0.4, 0.5) is 13.2 Å². The van der Waals surface area contributed by atoms with Crippen molar-refractivity contribution >= 4 is 0 Å². The minimum atomic E-state index is -4.32. The molecule has 3 nitrogen and oxygen atoms in total. The predicted molar refractivity (Wildman–Crippen MR) is 73.4 cm³/mol. The second-order valence-corrected chi connectivity index (χ2v) is 4.92. The van der Waals surface area contributed by atoms with Crippen molar-refractivity contribution in [2.24, 2.45) is 5.73 Å². The molecule has 1 heterocycles. The minimum absolute atomic E-state index is 0.151. The molecule has 0 aliphatic rings. The first-order chi connectivity index (χ1) is 9.91. The van der Waals surface area contributed by atoms with Gasteiger partial charge in [-0.3, -0.25) is 4.90 Å². The summed E-state index contributed by atoms with van der Waals surface area (Å²) < 4.78 is 42.7. The van der Waals surface area contributed by atoms with Gasteiger partial charge in [-0.25, -0.2) is 0 Å². The molecule has 0 amide bonds. The molecule has 0 aliphatic carbocycles. The van der Waals surface area contributed by atoms with Gasteiger partial charge in [0.2, 0.25) is 0 Å². The Morgan fingerprint density at radius 2 is 1.86 bits per heavy atom. The van der Waals surface area contributed by atoms with E-state index in [2.05, 4.69) is 0 Å². The number of likely N-dealkylation sites (N-methyl/N-ethyl adjacent to an activating group) is 1. The smallest absolute Gasteiger partial charge is 0.416 e. The summed E-state index contributed by atoms with van der Waals surface area (Å²) in [5, 5.41) is 0. The highest BCUT2D eigenvalue weighted by molar-refractivity contribution is 5.27. The average molecular weight is 298 g/mol. The molecule has 2 aromatic rings. The van der Waals surface area contributed by atoms with E-state index in [1.54, 1.807) is 12.5 Å². The zero-order chi connectivity index (χ0) is 15.5. The molecule has 0 fully saturated rings. The molecule has 0 aliphatic heterocycles. The highest BCUT2D eigenvalue weighted by Crippen LogP contribution is 2.30. The monoisotopic (exact) mass is 298 g/mol. The Labute approximate surface area is 121 Å². The van der Waals surface area contributed by atoms with Crippen molar-refractivity contribution in [3.8, 4) is 0 Å². The third-order valence-corrected chi connectivity index (χ3v) is 3.39. The van der Waals surface area contributed by atoms with Crippen LogP contribution in [0.25, 0.3) is 0 Å². The van der Waals surface area contributed by atoms with Crippen LogP contribution in [-0.2, 0) is 12.7 Å². The van der Waals surface area contributed by atoms with Crippen LogP contribution in [0.3, 0.4) is 0 Å². The highest BCUT2D eigenvalue weighted by Gasteiger charge is 2.30. The van der Waals surface area contributed by atoms with Crippen molar-refractivity contribution in [2.45, 2.75) is 18.8 Å². The van der Waals surface area contributed by atoms with E-state index in [9.17, 15) is 13.2 Å². The molecule has 21 heavy (non-hydrogen) atoms. The maximum absolute atomic E-state index is 12.6. The molecule has 0 saturated heterocycles. The fourth-order valence-electron chi connectivity index (χ4n) is 2.25. The number of halogens is 3. The predicted octanol–water partition coefficient (Wildman–Crippen LogP) is 3.43. The highest BCUT2D eigenvalue weighted by atomic mass is 19.4. The van der Waals surface area contributed by atoms with Crippen LogP contribution < -0.4 is 5.73 Å². The van der Waals surface area contributed by atoms with Gasteiger partial charge in [-0.2, -0.15) is 13.2 Å². The van der Waals surface area contributed by atoms with Crippen LogP contribution in [0.1, 0.15) is 22.7 Å². The van der Waals surface area contributed by atoms with Gasteiger partial charge in [0.25, 0.3) is 0 Å². The molecule has 114 valence electrons. The van der Waals surface area contributed by atoms with Crippen molar-refractivity contribution < 1.29 is 17.6 Å². The topological polar surface area (TPSA) is 42.4 Å². The Bertz CT molecular complexity index is 549. The van der Waals surface area contributed by atoms with Gasteiger partial charge in [-0.1, -0.05) is 12.1 Å². The molecule has 1 aromatic carbocycles. The Hall–Kier alpha value is -1.79. The van der Waals surface area contributed by atoms with Crippen LogP contribution >= 0.6 is 0 Å². The lowest BCUT2D eigenvalue weighted by Gasteiger charge is -2.27. The molecule has 0 radical (unpaired) electrons. The first-order valence-corrected chi connectivity index (χ1v) is 6.50. The summed E-state index contributed by atoms with van der Waals surface area (Å²) in [6.07, 6.45) is -1.10. The Kier molecular flexibility index (Phi) is 4.69. The number of nitrogens with zero attached hydrogens (tertiary/aromatic N) is 1. The van der Waals surface area contributed by atoms with E-state index in [0.29, 0.717) is 13.1 Å². The van der Waals surface area contributed by atoms with E-state index >= 15 is 0 Å². The summed E-state index contributed by atoms with van der Waals surface area (Å²) in [6.45, 7) is 0.930. The van der Waals surface area contributed by atoms with E-state index in [4.69, 9.17) is 10.2 Å². The summed E-state index contributed by atoms with van der Waals surface area (Å²) in [5.41, 5.74) is 6.87. The molecule has 0 spiro atoms. The van der Waals surface area contributed by atoms with Gasteiger partial charge in [0.1, 0.15) is 0 Å². The number of hydrogen-bond acceptors (Lipinski definition) is 3. The van der Waals surface area contributed by atoms with Gasteiger partial charge in [-0.05, 0) is 30.8 Å². The summed E-state index contributed by atoms with van der Waals surface area (Å²) in [4.78, 5) is 1.98. The standard InChI is InChI=1S/C15H17F3N2O/c1-20(9-11-6-7-21-10-11)14(8-19)12-2-4-13(5-3-12)15(16,17)18/h2-7,10,14H,8-9,19H2,1H3. The lowest BCUT2D eigenvalue weighted by molar-refractivity contribution is -0.137. The molecule has 1 atom stereocenters. The first-order valence-electron chi connectivity index (χ1n) is 6.50. The number of hydrogen-bond donors (Lipinski definition) is 1. The second kappa shape index (κ2) is 6.32. The van der Waals surface area contributed by atoms with Gasteiger partial charge >= 0.3 is 6.18 Å². The summed E-state index contributed by atoms with van der Waals surface area (Å²) in [5.74, 6) is 0. The van der Waals surface area contributed by atoms with Crippen LogP contribution in [0, 0.1) is 0 Å². The number of nitrogens with two attached hydrogens (primary N) is 1. The molecule has 0 bridgehead atoms. The van der Waals surface area contributed by atoms with Gasteiger partial charge in [0.05, 0.1) is 18.1 Å². The SMILES string of the molecule is CN(Cc1ccoc1)C(CN)c1ccc(C(F)(F)F)cc1. The first kappa shape index (κ1) is 15.6. The molecule has 2 N–H and O–H groups in total. The van der Waals surface area contributed by atoms with Gasteiger partial charge in [-0.15, -0.1) is 0 Å². The van der Waals surface area contributed by atoms with E-state index in [-0.39, 0.29) is 6.04 Å². The van der Waals surface area contributed by atoms with Crippen molar-refractivity contribution in [3.05, 3.63) is 59.5 Å². The van der Waals surface area contributed by atoms with Crippen LogP contribution in [0.2, 0.25) is 0 Å². The summed E-state index contributed by atoms with van der Waals surface area (Å²) in [6, 6.07) is 6.82. The van der Waals surface area contributed by atoms with Gasteiger partial charge in [0, 0.05) is 24.7 Å². The number of benzene rings is 1. The second-order valence-electron chi connectivity index (χ2n) is 4.92. The number of alkyl halides is 3. The van der Waals surface area contributed by atoms with Crippen molar-refractivity contribution in [2.75, 3.05) is 13.6 Å². The lowest BCUT2D eigenvalue weighted by Crippen LogP contribution is -2.30. The summed E-state index contributed by atoms with van der Waals surface area (Å²) in [7, 11) is 1.88. The normalized spacial score (nSPS) is 13.6. The molecule has 0 saturated carbocycles. The lowest BCUT2D eigenvalue weighted by atomic mass is 10.0. The Morgan fingerprint density at radius 1 is 1.19 bits per heavy atom. The maximum Gasteiger partial charge on any atom is 0.416 e. The van der Waals surface area contributed by atoms with Gasteiger partial charge < -0.3 is 10.2 Å². The molecule has 1 aromatic heterocycles. The zero-order valence-corrected chi connectivity index (χ0v) is 11.6. The van der Waals surface area contributed by atoms with E-state index < -0.39 is 11.7 Å². The third-order valence-electron chi connectivity index (χ3n) is 3.39.